The summed E-state index contributed by atoms with van der Waals surface area (Å²) in [6, 6.07) is 15.6. The van der Waals surface area contributed by atoms with Crippen LogP contribution >= 0.6 is 22.9 Å². The van der Waals surface area contributed by atoms with Gasteiger partial charge in [0.05, 0.1) is 25.1 Å². The molecule has 0 unspecified atom stereocenters. The van der Waals surface area contributed by atoms with Gasteiger partial charge in [0.2, 0.25) is 5.13 Å². The van der Waals surface area contributed by atoms with E-state index in [1.165, 1.54) is 11.3 Å². The number of aryl methyl sites for hydroxylation is 1. The normalized spacial score (nSPS) is 11.2. The molecule has 0 bridgehead atoms. The minimum absolute atomic E-state index is 0.00782. The summed E-state index contributed by atoms with van der Waals surface area (Å²) in [5.74, 6) is 0. The van der Waals surface area contributed by atoms with Crippen molar-refractivity contribution >= 4 is 34.3 Å². The zero-order valence-electron chi connectivity index (χ0n) is 13.8. The third-order valence-corrected chi connectivity index (χ3v) is 4.88. The number of thiazole rings is 1. The molecule has 0 aliphatic carbocycles. The molecule has 0 aliphatic rings. The largest absolute Gasteiger partial charge is 0.394 e. The van der Waals surface area contributed by atoms with Gasteiger partial charge in [-0.3, -0.25) is 0 Å². The van der Waals surface area contributed by atoms with E-state index in [1.807, 2.05) is 60.8 Å². The number of hydrogen-bond acceptors (Lipinski definition) is 5. The minimum atomic E-state index is -0.00782. The summed E-state index contributed by atoms with van der Waals surface area (Å²) in [6.45, 7) is 2.40. The van der Waals surface area contributed by atoms with Gasteiger partial charge in [0.25, 0.3) is 0 Å². The number of anilines is 1. The van der Waals surface area contributed by atoms with Gasteiger partial charge in [0.1, 0.15) is 0 Å². The first-order chi connectivity index (χ1) is 12.2. The lowest BCUT2D eigenvalue weighted by Crippen LogP contribution is -2.20. The van der Waals surface area contributed by atoms with E-state index in [4.69, 9.17) is 11.6 Å². The minimum Gasteiger partial charge on any atom is -0.394 e. The van der Waals surface area contributed by atoms with E-state index < -0.39 is 0 Å². The Morgan fingerprint density at radius 1 is 1.20 bits per heavy atom. The zero-order valence-corrected chi connectivity index (χ0v) is 15.3. The molecule has 128 valence electrons. The molecule has 0 aliphatic heterocycles. The molecule has 0 radical (unpaired) electrons. The van der Waals surface area contributed by atoms with E-state index in [0.29, 0.717) is 16.7 Å². The van der Waals surface area contributed by atoms with Crippen molar-refractivity contribution < 1.29 is 5.11 Å². The number of halogens is 1. The number of hydrogen-bond donors (Lipinski definition) is 1. The molecule has 0 spiro atoms. The highest BCUT2D eigenvalue weighted by atomic mass is 35.5. The third-order valence-electron chi connectivity index (χ3n) is 3.70. The summed E-state index contributed by atoms with van der Waals surface area (Å²) < 4.78 is 0. The summed E-state index contributed by atoms with van der Waals surface area (Å²) in [5.41, 5.74) is 3.87. The van der Waals surface area contributed by atoms with Crippen LogP contribution in [-0.2, 0) is 0 Å². The van der Waals surface area contributed by atoms with Crippen molar-refractivity contribution in [1.82, 2.24) is 4.98 Å². The van der Waals surface area contributed by atoms with Crippen molar-refractivity contribution in [2.45, 2.75) is 6.92 Å². The number of aliphatic hydroxyl groups excluding tert-OH is 1. The molecule has 0 atom stereocenters. The first kappa shape index (κ1) is 17.6. The van der Waals surface area contributed by atoms with Crippen molar-refractivity contribution in [3.05, 3.63) is 70.1 Å². The smallest absolute Gasteiger partial charge is 0.206 e. The SMILES string of the molecule is Cc1ccccc1/C=N/N(CCO)c1nc(-c2ccccc2Cl)cs1. The predicted octanol–water partition coefficient (Wildman–Crippen LogP) is 4.60. The lowest BCUT2D eigenvalue weighted by atomic mass is 10.1. The molecule has 4 nitrogen and oxygen atoms in total. The van der Waals surface area contributed by atoms with E-state index in [-0.39, 0.29) is 6.61 Å². The first-order valence-corrected chi connectivity index (χ1v) is 9.13. The average molecular weight is 372 g/mol. The van der Waals surface area contributed by atoms with Gasteiger partial charge >= 0.3 is 0 Å². The first-order valence-electron chi connectivity index (χ1n) is 7.87. The van der Waals surface area contributed by atoms with Gasteiger partial charge in [-0.2, -0.15) is 5.10 Å². The number of hydrazone groups is 1. The molecular formula is C19H18ClN3OS. The molecule has 3 rings (SSSR count). The van der Waals surface area contributed by atoms with Gasteiger partial charge < -0.3 is 5.11 Å². The highest BCUT2D eigenvalue weighted by molar-refractivity contribution is 7.14. The maximum atomic E-state index is 9.36. The van der Waals surface area contributed by atoms with Crippen LogP contribution in [0.25, 0.3) is 11.3 Å². The van der Waals surface area contributed by atoms with Crippen LogP contribution in [-0.4, -0.2) is 29.5 Å². The number of nitrogens with zero attached hydrogens (tertiary/aromatic N) is 3. The monoisotopic (exact) mass is 371 g/mol. The fraction of sp³-hybridized carbons (Fsp3) is 0.158. The Morgan fingerprint density at radius 3 is 2.72 bits per heavy atom. The van der Waals surface area contributed by atoms with E-state index >= 15 is 0 Å². The van der Waals surface area contributed by atoms with Crippen molar-refractivity contribution in [2.24, 2.45) is 5.10 Å². The van der Waals surface area contributed by atoms with Crippen LogP contribution in [0.15, 0.2) is 59.0 Å². The van der Waals surface area contributed by atoms with Gasteiger partial charge in [-0.05, 0) is 24.1 Å². The Balaban J connectivity index is 1.87. The quantitative estimate of drug-likeness (QED) is 0.508. The Kier molecular flexibility index (Phi) is 5.81. The van der Waals surface area contributed by atoms with Gasteiger partial charge in [-0.15, -0.1) is 11.3 Å². The fourth-order valence-corrected chi connectivity index (χ4v) is 3.38. The molecule has 0 fully saturated rings. The molecule has 0 saturated carbocycles. The number of aromatic nitrogens is 1. The summed E-state index contributed by atoms with van der Waals surface area (Å²) in [6.07, 6.45) is 1.79. The molecule has 3 aromatic rings. The lowest BCUT2D eigenvalue weighted by molar-refractivity contribution is 0.302. The van der Waals surface area contributed by atoms with Crippen LogP contribution in [0.1, 0.15) is 11.1 Å². The van der Waals surface area contributed by atoms with Gasteiger partial charge in [-0.1, -0.05) is 54.1 Å². The topological polar surface area (TPSA) is 48.7 Å². The molecule has 0 amide bonds. The second-order valence-corrected chi connectivity index (χ2v) is 6.69. The highest BCUT2D eigenvalue weighted by Gasteiger charge is 2.12. The van der Waals surface area contributed by atoms with Crippen LogP contribution in [0.3, 0.4) is 0 Å². The van der Waals surface area contributed by atoms with Gasteiger partial charge in [0.15, 0.2) is 0 Å². The summed E-state index contributed by atoms with van der Waals surface area (Å²) >= 11 is 7.72. The van der Waals surface area contributed by atoms with E-state index in [0.717, 1.165) is 22.4 Å². The molecule has 6 heteroatoms. The second kappa shape index (κ2) is 8.25. The van der Waals surface area contributed by atoms with Crippen molar-refractivity contribution in [2.75, 3.05) is 18.2 Å². The number of rotatable bonds is 6. The molecule has 1 aromatic heterocycles. The number of aliphatic hydroxyl groups is 1. The molecule has 0 saturated heterocycles. The summed E-state index contributed by atoms with van der Waals surface area (Å²) in [4.78, 5) is 4.63. The number of benzene rings is 2. The Labute approximate surface area is 156 Å². The van der Waals surface area contributed by atoms with E-state index in [9.17, 15) is 5.11 Å². The van der Waals surface area contributed by atoms with Crippen LogP contribution in [0.5, 0.6) is 0 Å². The molecule has 2 aromatic carbocycles. The fourth-order valence-electron chi connectivity index (χ4n) is 2.34. The van der Waals surface area contributed by atoms with Crippen molar-refractivity contribution in [3.8, 4) is 11.3 Å². The van der Waals surface area contributed by atoms with Crippen LogP contribution in [0.2, 0.25) is 5.02 Å². The van der Waals surface area contributed by atoms with Gasteiger partial charge in [0, 0.05) is 16.0 Å². The van der Waals surface area contributed by atoms with Crippen LogP contribution in [0.4, 0.5) is 5.13 Å². The molecular weight excluding hydrogens is 354 g/mol. The third kappa shape index (κ3) is 4.25. The van der Waals surface area contributed by atoms with E-state index in [1.54, 1.807) is 11.2 Å². The molecule has 1 N–H and O–H groups in total. The van der Waals surface area contributed by atoms with Crippen molar-refractivity contribution in [1.29, 1.82) is 0 Å². The molecule has 25 heavy (non-hydrogen) atoms. The highest BCUT2D eigenvalue weighted by Crippen LogP contribution is 2.31. The van der Waals surface area contributed by atoms with Crippen LogP contribution in [0, 0.1) is 6.92 Å². The van der Waals surface area contributed by atoms with E-state index in [2.05, 4.69) is 10.1 Å². The van der Waals surface area contributed by atoms with Gasteiger partial charge in [-0.25, -0.2) is 9.99 Å². The lowest BCUT2D eigenvalue weighted by Gasteiger charge is -2.14. The Hall–Kier alpha value is -2.21. The summed E-state index contributed by atoms with van der Waals surface area (Å²) in [5, 5.41) is 18.9. The predicted molar refractivity (Wildman–Crippen MR) is 106 cm³/mol. The van der Waals surface area contributed by atoms with Crippen molar-refractivity contribution in [3.63, 3.8) is 0 Å². The summed E-state index contributed by atoms with van der Waals surface area (Å²) in [7, 11) is 0. The standard InChI is InChI=1S/C19H18ClN3OS/c1-14-6-2-3-7-15(14)12-21-23(10-11-24)19-22-18(13-25-19)16-8-4-5-9-17(16)20/h2-9,12-13,24H,10-11H2,1H3/b21-12+. The average Bonchev–Trinajstić information content (AvgIpc) is 3.10. The molecule has 1 heterocycles. The Morgan fingerprint density at radius 2 is 1.96 bits per heavy atom. The van der Waals surface area contributed by atoms with Crippen LogP contribution < -0.4 is 5.01 Å². The maximum absolute atomic E-state index is 9.36. The maximum Gasteiger partial charge on any atom is 0.206 e. The Bertz CT molecular complexity index is 878. The second-order valence-electron chi connectivity index (χ2n) is 5.44. The zero-order chi connectivity index (χ0) is 17.6.